The number of hydrogen-bond donors (Lipinski definition) is 0. The summed E-state index contributed by atoms with van der Waals surface area (Å²) in [6.45, 7) is 9.47. The predicted octanol–water partition coefficient (Wildman–Crippen LogP) is 9.68. The standard InChI is InChI=1S/C25H53O3P/c1-5-9-11-12-13-14-15-16-17-18-19-20-21-23-25(22-10-6-2)29(26,27-8-4)28-24-7-3/h25H,5-24H2,1-4H3. The third-order valence-electron chi connectivity index (χ3n) is 5.76. The van der Waals surface area contributed by atoms with Gasteiger partial charge in [-0.15, -0.1) is 0 Å². The summed E-state index contributed by atoms with van der Waals surface area (Å²) in [5.74, 6) is 0. The highest BCUT2D eigenvalue weighted by Gasteiger charge is 2.34. The minimum Gasteiger partial charge on any atom is -0.309 e. The zero-order valence-corrected chi connectivity index (χ0v) is 21.3. The molecule has 0 bridgehead atoms. The Labute approximate surface area is 183 Å². The molecule has 0 saturated carbocycles. The van der Waals surface area contributed by atoms with Crippen molar-refractivity contribution in [1.29, 1.82) is 0 Å². The number of hydrogen-bond acceptors (Lipinski definition) is 3. The van der Waals surface area contributed by atoms with Gasteiger partial charge in [-0.3, -0.25) is 4.57 Å². The maximum absolute atomic E-state index is 13.3. The van der Waals surface area contributed by atoms with E-state index in [0.29, 0.717) is 13.2 Å². The van der Waals surface area contributed by atoms with Crippen LogP contribution in [0, 0.1) is 0 Å². The molecule has 0 fully saturated rings. The molecular weight excluding hydrogens is 379 g/mol. The molecule has 176 valence electrons. The molecule has 2 unspecified atom stereocenters. The highest BCUT2D eigenvalue weighted by atomic mass is 31.2. The Morgan fingerprint density at radius 3 is 1.45 bits per heavy atom. The first kappa shape index (κ1) is 29.1. The molecule has 0 N–H and O–H groups in total. The van der Waals surface area contributed by atoms with Gasteiger partial charge in [-0.05, 0) is 26.2 Å². The second-order valence-corrected chi connectivity index (χ2v) is 10.9. The van der Waals surface area contributed by atoms with Gasteiger partial charge in [0.1, 0.15) is 0 Å². The fraction of sp³-hybridized carbons (Fsp3) is 1.00. The van der Waals surface area contributed by atoms with Gasteiger partial charge >= 0.3 is 7.60 Å². The molecule has 0 heterocycles. The zero-order valence-electron chi connectivity index (χ0n) is 20.4. The molecule has 0 aromatic carbocycles. The minimum absolute atomic E-state index is 0.0849. The molecule has 0 aliphatic heterocycles. The van der Waals surface area contributed by atoms with Gasteiger partial charge in [-0.25, -0.2) is 0 Å². The Morgan fingerprint density at radius 2 is 1.00 bits per heavy atom. The summed E-state index contributed by atoms with van der Waals surface area (Å²) in [5.41, 5.74) is 0.0849. The van der Waals surface area contributed by atoms with Crippen molar-refractivity contribution in [2.24, 2.45) is 0 Å². The van der Waals surface area contributed by atoms with Crippen molar-refractivity contribution in [2.45, 2.75) is 149 Å². The Bertz CT molecular complexity index is 373. The lowest BCUT2D eigenvalue weighted by Crippen LogP contribution is -2.14. The summed E-state index contributed by atoms with van der Waals surface area (Å²) >= 11 is 0. The van der Waals surface area contributed by atoms with Crippen LogP contribution in [0.1, 0.15) is 143 Å². The molecule has 0 spiro atoms. The van der Waals surface area contributed by atoms with Gasteiger partial charge < -0.3 is 9.05 Å². The van der Waals surface area contributed by atoms with E-state index in [4.69, 9.17) is 9.05 Å². The van der Waals surface area contributed by atoms with E-state index in [2.05, 4.69) is 20.8 Å². The smallest absolute Gasteiger partial charge is 0.309 e. The van der Waals surface area contributed by atoms with Crippen LogP contribution in [0.3, 0.4) is 0 Å². The Hall–Kier alpha value is 0.150. The van der Waals surface area contributed by atoms with Crippen LogP contribution in [0.25, 0.3) is 0 Å². The predicted molar refractivity (Wildman–Crippen MR) is 129 cm³/mol. The molecular formula is C25H53O3P. The monoisotopic (exact) mass is 432 g/mol. The molecule has 0 aliphatic rings. The lowest BCUT2D eigenvalue weighted by molar-refractivity contribution is 0.200. The van der Waals surface area contributed by atoms with Gasteiger partial charge in [0.25, 0.3) is 0 Å². The van der Waals surface area contributed by atoms with Crippen LogP contribution in [0.2, 0.25) is 0 Å². The fourth-order valence-electron chi connectivity index (χ4n) is 3.94. The molecule has 0 rings (SSSR count). The van der Waals surface area contributed by atoms with Crippen molar-refractivity contribution in [3.63, 3.8) is 0 Å². The van der Waals surface area contributed by atoms with Crippen molar-refractivity contribution in [1.82, 2.24) is 0 Å². The van der Waals surface area contributed by atoms with Crippen molar-refractivity contribution in [2.75, 3.05) is 13.2 Å². The van der Waals surface area contributed by atoms with Crippen LogP contribution in [0.15, 0.2) is 0 Å². The van der Waals surface area contributed by atoms with Crippen LogP contribution < -0.4 is 0 Å². The van der Waals surface area contributed by atoms with Gasteiger partial charge in [-0.2, -0.15) is 0 Å². The van der Waals surface area contributed by atoms with Gasteiger partial charge in [0, 0.05) is 0 Å². The maximum atomic E-state index is 13.3. The van der Waals surface area contributed by atoms with Gasteiger partial charge in [-0.1, -0.05) is 117 Å². The van der Waals surface area contributed by atoms with Gasteiger partial charge in [0.15, 0.2) is 0 Å². The summed E-state index contributed by atoms with van der Waals surface area (Å²) < 4.78 is 24.7. The third kappa shape index (κ3) is 16.5. The molecule has 0 aromatic heterocycles. The zero-order chi connectivity index (χ0) is 21.6. The third-order valence-corrected chi connectivity index (χ3v) is 8.33. The number of rotatable bonds is 23. The highest BCUT2D eigenvalue weighted by Crippen LogP contribution is 2.56. The van der Waals surface area contributed by atoms with Gasteiger partial charge in [0.2, 0.25) is 0 Å². The molecule has 0 amide bonds. The molecule has 0 radical (unpaired) electrons. The first-order valence-electron chi connectivity index (χ1n) is 13.0. The van der Waals surface area contributed by atoms with Crippen molar-refractivity contribution < 1.29 is 13.6 Å². The average Bonchev–Trinajstić information content (AvgIpc) is 2.72. The highest BCUT2D eigenvalue weighted by molar-refractivity contribution is 7.54. The molecule has 3 nitrogen and oxygen atoms in total. The van der Waals surface area contributed by atoms with Crippen LogP contribution in [0.4, 0.5) is 0 Å². The van der Waals surface area contributed by atoms with E-state index in [1.165, 1.54) is 77.0 Å². The van der Waals surface area contributed by atoms with Crippen LogP contribution in [-0.4, -0.2) is 18.9 Å². The van der Waals surface area contributed by atoms with Crippen molar-refractivity contribution in [3.05, 3.63) is 0 Å². The Morgan fingerprint density at radius 1 is 0.552 bits per heavy atom. The second kappa shape index (κ2) is 21.4. The lowest BCUT2D eigenvalue weighted by Gasteiger charge is -2.26. The first-order chi connectivity index (χ1) is 14.1. The number of unbranched alkanes of at least 4 members (excludes halogenated alkanes) is 13. The SMILES string of the molecule is CCCCCCCCCCCCCCCC(CCCC)P(=O)(OCC)OCCC. The van der Waals surface area contributed by atoms with E-state index in [1.807, 2.05) is 6.92 Å². The molecule has 29 heavy (non-hydrogen) atoms. The molecule has 4 heteroatoms. The van der Waals surface area contributed by atoms with E-state index in [9.17, 15) is 4.57 Å². The molecule has 0 aromatic rings. The summed E-state index contributed by atoms with van der Waals surface area (Å²) in [6.07, 6.45) is 22.8. The van der Waals surface area contributed by atoms with E-state index in [-0.39, 0.29) is 5.66 Å². The summed E-state index contributed by atoms with van der Waals surface area (Å²) in [5, 5.41) is 0. The molecule has 2 atom stereocenters. The van der Waals surface area contributed by atoms with E-state index < -0.39 is 7.60 Å². The summed E-state index contributed by atoms with van der Waals surface area (Å²) in [7, 11) is -2.96. The quantitative estimate of drug-likeness (QED) is 0.119. The maximum Gasteiger partial charge on any atom is 0.333 e. The normalized spacial score (nSPS) is 14.8. The van der Waals surface area contributed by atoms with E-state index >= 15 is 0 Å². The Kier molecular flexibility index (Phi) is 21.5. The van der Waals surface area contributed by atoms with Crippen LogP contribution in [0.5, 0.6) is 0 Å². The largest absolute Gasteiger partial charge is 0.333 e. The second-order valence-electron chi connectivity index (χ2n) is 8.62. The van der Waals surface area contributed by atoms with Crippen molar-refractivity contribution >= 4 is 7.60 Å². The van der Waals surface area contributed by atoms with Crippen LogP contribution >= 0.6 is 7.60 Å². The topological polar surface area (TPSA) is 35.5 Å². The molecule has 0 aliphatic carbocycles. The van der Waals surface area contributed by atoms with E-state index in [0.717, 1.165) is 38.5 Å². The van der Waals surface area contributed by atoms with Gasteiger partial charge in [0.05, 0.1) is 18.9 Å². The first-order valence-corrected chi connectivity index (χ1v) is 14.6. The Balaban J connectivity index is 3.94. The summed E-state index contributed by atoms with van der Waals surface area (Å²) in [4.78, 5) is 0. The fourth-order valence-corrected chi connectivity index (χ4v) is 6.24. The lowest BCUT2D eigenvalue weighted by atomic mass is 10.0. The average molecular weight is 433 g/mol. The minimum atomic E-state index is -2.96. The van der Waals surface area contributed by atoms with E-state index in [1.54, 1.807) is 0 Å². The van der Waals surface area contributed by atoms with Crippen LogP contribution in [-0.2, 0) is 13.6 Å². The van der Waals surface area contributed by atoms with Crippen molar-refractivity contribution in [3.8, 4) is 0 Å². The molecule has 0 saturated heterocycles. The summed E-state index contributed by atoms with van der Waals surface area (Å²) in [6, 6.07) is 0.